The Morgan fingerprint density at radius 3 is 2.54 bits per heavy atom. The highest BCUT2D eigenvalue weighted by Gasteiger charge is 2.06. The first kappa shape index (κ1) is 16.8. The third kappa shape index (κ3) is 4.73. The van der Waals surface area contributed by atoms with Gasteiger partial charge in [0.05, 0.1) is 12.8 Å². The Morgan fingerprint density at radius 1 is 0.958 bits per heavy atom. The lowest BCUT2D eigenvalue weighted by atomic mass is 10.1. The molecule has 24 heavy (non-hydrogen) atoms. The summed E-state index contributed by atoms with van der Waals surface area (Å²) in [5.41, 5.74) is 3.29. The molecule has 3 rings (SSSR count). The minimum atomic E-state index is 0.476. The second-order valence-corrected chi connectivity index (χ2v) is 6.60. The quantitative estimate of drug-likeness (QED) is 0.353. The lowest BCUT2D eigenvalue weighted by molar-refractivity contribution is 0.414. The van der Waals surface area contributed by atoms with Gasteiger partial charge in [0.1, 0.15) is 10.9 Å². The Kier molecular flexibility index (Phi) is 5.72. The number of ether oxygens (including phenoxy) is 1. The zero-order valence-corrected chi connectivity index (χ0v) is 14.8. The average Bonchev–Trinajstić information content (AvgIpc) is 2.60. The fourth-order valence-electron chi connectivity index (χ4n) is 2.31. The van der Waals surface area contributed by atoms with Gasteiger partial charge in [0.25, 0.3) is 0 Å². The molecule has 0 saturated heterocycles. The topological polar surface area (TPSA) is 35.0 Å². The molecule has 0 amide bonds. The maximum absolute atomic E-state index is 6.16. The standard InChI is InChI=1S/C19H17ClN2OS/c1-23-17-9-5-8-15(11-17)13-24-19-21-16(12-18(20)22-19)10-14-6-3-2-4-7-14/h2-9,11-12H,10,13H2,1H3. The van der Waals surface area contributed by atoms with Gasteiger partial charge in [-0.1, -0.05) is 65.8 Å². The summed E-state index contributed by atoms with van der Waals surface area (Å²) < 4.78 is 5.25. The minimum Gasteiger partial charge on any atom is -0.497 e. The van der Waals surface area contributed by atoms with Crippen molar-refractivity contribution in [2.24, 2.45) is 0 Å². The molecule has 0 N–H and O–H groups in total. The second kappa shape index (κ2) is 8.18. The van der Waals surface area contributed by atoms with Crippen LogP contribution in [0.1, 0.15) is 16.8 Å². The van der Waals surface area contributed by atoms with Crippen LogP contribution in [0.3, 0.4) is 0 Å². The predicted octanol–water partition coefficient (Wildman–Crippen LogP) is 5.02. The molecule has 2 aromatic carbocycles. The van der Waals surface area contributed by atoms with E-state index in [4.69, 9.17) is 16.3 Å². The van der Waals surface area contributed by atoms with Gasteiger partial charge in [0, 0.05) is 12.2 Å². The minimum absolute atomic E-state index is 0.476. The van der Waals surface area contributed by atoms with Gasteiger partial charge in [-0.25, -0.2) is 9.97 Å². The van der Waals surface area contributed by atoms with E-state index in [1.54, 1.807) is 18.9 Å². The van der Waals surface area contributed by atoms with E-state index in [1.807, 2.05) is 42.5 Å². The molecular formula is C19H17ClN2OS. The highest BCUT2D eigenvalue weighted by molar-refractivity contribution is 7.98. The summed E-state index contributed by atoms with van der Waals surface area (Å²) in [6.45, 7) is 0. The molecule has 3 aromatic rings. The van der Waals surface area contributed by atoms with Crippen molar-refractivity contribution in [3.63, 3.8) is 0 Å². The molecule has 0 fully saturated rings. The highest BCUT2D eigenvalue weighted by atomic mass is 35.5. The summed E-state index contributed by atoms with van der Waals surface area (Å²) in [5, 5.41) is 1.17. The molecule has 0 bridgehead atoms. The van der Waals surface area contributed by atoms with Crippen molar-refractivity contribution in [1.82, 2.24) is 9.97 Å². The summed E-state index contributed by atoms with van der Waals surface area (Å²) in [4.78, 5) is 8.94. The maximum Gasteiger partial charge on any atom is 0.189 e. The number of hydrogen-bond acceptors (Lipinski definition) is 4. The summed E-state index contributed by atoms with van der Waals surface area (Å²) in [6, 6.07) is 20.0. The van der Waals surface area contributed by atoms with Crippen LogP contribution in [0.25, 0.3) is 0 Å². The fraction of sp³-hybridized carbons (Fsp3) is 0.158. The van der Waals surface area contributed by atoms with Crippen molar-refractivity contribution in [3.05, 3.63) is 82.6 Å². The third-order valence-electron chi connectivity index (χ3n) is 3.46. The molecule has 5 heteroatoms. The van der Waals surface area contributed by atoms with Gasteiger partial charge in [0.15, 0.2) is 5.16 Å². The predicted molar refractivity (Wildman–Crippen MR) is 98.8 cm³/mol. The molecule has 1 aromatic heterocycles. The number of aromatic nitrogens is 2. The molecule has 0 spiro atoms. The Morgan fingerprint density at radius 2 is 1.75 bits per heavy atom. The normalized spacial score (nSPS) is 10.6. The first-order chi connectivity index (χ1) is 11.7. The van der Waals surface area contributed by atoms with Crippen LogP contribution in [0.2, 0.25) is 5.15 Å². The van der Waals surface area contributed by atoms with Crippen LogP contribution in [-0.4, -0.2) is 17.1 Å². The van der Waals surface area contributed by atoms with Crippen molar-refractivity contribution in [3.8, 4) is 5.75 Å². The zero-order valence-electron chi connectivity index (χ0n) is 13.3. The summed E-state index contributed by atoms with van der Waals surface area (Å²) in [6.07, 6.45) is 0.746. The van der Waals surface area contributed by atoms with Gasteiger partial charge in [-0.2, -0.15) is 0 Å². The van der Waals surface area contributed by atoms with E-state index in [0.717, 1.165) is 29.2 Å². The van der Waals surface area contributed by atoms with Gasteiger partial charge in [-0.15, -0.1) is 0 Å². The van der Waals surface area contributed by atoms with Crippen LogP contribution in [0.15, 0.2) is 65.8 Å². The van der Waals surface area contributed by atoms with Gasteiger partial charge in [0.2, 0.25) is 0 Å². The first-order valence-electron chi connectivity index (χ1n) is 7.56. The van der Waals surface area contributed by atoms with Crippen molar-refractivity contribution in [1.29, 1.82) is 0 Å². The van der Waals surface area contributed by atoms with Crippen LogP contribution >= 0.6 is 23.4 Å². The summed E-state index contributed by atoms with van der Waals surface area (Å²) in [5.74, 6) is 1.62. The maximum atomic E-state index is 6.16. The lowest BCUT2D eigenvalue weighted by Gasteiger charge is -2.06. The van der Waals surface area contributed by atoms with Crippen molar-refractivity contribution >= 4 is 23.4 Å². The lowest BCUT2D eigenvalue weighted by Crippen LogP contribution is -1.97. The van der Waals surface area contributed by atoms with Crippen molar-refractivity contribution in [2.45, 2.75) is 17.3 Å². The highest BCUT2D eigenvalue weighted by Crippen LogP contribution is 2.24. The molecule has 1 heterocycles. The van der Waals surface area contributed by atoms with Gasteiger partial charge in [-0.3, -0.25) is 0 Å². The molecule has 0 unspecified atom stereocenters. The summed E-state index contributed by atoms with van der Waals surface area (Å²) in [7, 11) is 1.67. The Hall–Kier alpha value is -2.04. The average molecular weight is 357 g/mol. The van der Waals surface area contributed by atoms with Crippen LogP contribution in [0.4, 0.5) is 0 Å². The zero-order chi connectivity index (χ0) is 16.8. The summed E-state index contributed by atoms with van der Waals surface area (Å²) >= 11 is 7.73. The molecule has 0 aliphatic heterocycles. The Balaban J connectivity index is 1.71. The van der Waals surface area contributed by atoms with Crippen molar-refractivity contribution in [2.75, 3.05) is 7.11 Å². The van der Waals surface area contributed by atoms with Gasteiger partial charge < -0.3 is 4.74 Å². The number of methoxy groups -OCH3 is 1. The third-order valence-corrected chi connectivity index (χ3v) is 4.57. The number of nitrogens with zero attached hydrogens (tertiary/aromatic N) is 2. The fourth-order valence-corrected chi connectivity index (χ4v) is 3.39. The van der Waals surface area contributed by atoms with Crippen LogP contribution < -0.4 is 4.74 Å². The number of benzene rings is 2. The molecule has 122 valence electrons. The van der Waals surface area contributed by atoms with E-state index in [9.17, 15) is 0 Å². The van der Waals surface area contributed by atoms with E-state index >= 15 is 0 Å². The molecule has 3 nitrogen and oxygen atoms in total. The molecular weight excluding hydrogens is 340 g/mol. The molecule has 0 atom stereocenters. The Labute approximate surface area is 151 Å². The second-order valence-electron chi connectivity index (χ2n) is 5.27. The van der Waals surface area contributed by atoms with Gasteiger partial charge >= 0.3 is 0 Å². The molecule has 0 saturated carbocycles. The first-order valence-corrected chi connectivity index (χ1v) is 8.92. The van der Waals surface area contributed by atoms with E-state index in [1.165, 1.54) is 5.56 Å². The van der Waals surface area contributed by atoms with Crippen LogP contribution in [-0.2, 0) is 12.2 Å². The Bertz CT molecular complexity index is 811. The molecule has 0 aliphatic rings. The molecule has 0 aliphatic carbocycles. The SMILES string of the molecule is COc1cccc(CSc2nc(Cl)cc(Cc3ccccc3)n2)c1. The number of rotatable bonds is 6. The van der Waals surface area contributed by atoms with Crippen LogP contribution in [0, 0.1) is 0 Å². The molecule has 0 radical (unpaired) electrons. The smallest absolute Gasteiger partial charge is 0.189 e. The van der Waals surface area contributed by atoms with E-state index in [-0.39, 0.29) is 0 Å². The van der Waals surface area contributed by atoms with E-state index in [2.05, 4.69) is 28.2 Å². The van der Waals surface area contributed by atoms with E-state index < -0.39 is 0 Å². The number of halogens is 1. The largest absolute Gasteiger partial charge is 0.497 e. The van der Waals surface area contributed by atoms with Crippen molar-refractivity contribution < 1.29 is 4.74 Å². The number of hydrogen-bond donors (Lipinski definition) is 0. The van der Waals surface area contributed by atoms with E-state index in [0.29, 0.717) is 10.3 Å². The monoisotopic (exact) mass is 356 g/mol. The number of thioether (sulfide) groups is 1. The van der Waals surface area contributed by atoms with Crippen LogP contribution in [0.5, 0.6) is 5.75 Å². The van der Waals surface area contributed by atoms with Gasteiger partial charge in [-0.05, 0) is 29.3 Å².